The van der Waals surface area contributed by atoms with Crippen molar-refractivity contribution in [3.8, 4) is 0 Å². The highest BCUT2D eigenvalue weighted by Gasteiger charge is 2.15. The lowest BCUT2D eigenvalue weighted by Crippen LogP contribution is -2.44. The van der Waals surface area contributed by atoms with E-state index in [0.29, 0.717) is 0 Å². The van der Waals surface area contributed by atoms with Gasteiger partial charge in [-0.05, 0) is 6.92 Å². The van der Waals surface area contributed by atoms with Gasteiger partial charge in [-0.15, -0.1) is 0 Å². The Kier molecular flexibility index (Phi) is 2.90. The molecule has 10 heavy (non-hydrogen) atoms. The molecule has 0 spiro atoms. The Bertz CT molecular complexity index is 118. The average molecular weight is 141 g/mol. The molecule has 0 amide bonds. The summed E-state index contributed by atoms with van der Waals surface area (Å²) in [5.74, 6) is 0.749. The Morgan fingerprint density at radius 3 is 2.80 bits per heavy atom. The van der Waals surface area contributed by atoms with Crippen LogP contribution in [-0.2, 0) is 4.74 Å². The molecule has 0 aromatic carbocycles. The summed E-state index contributed by atoms with van der Waals surface area (Å²) < 4.78 is 5.36. The van der Waals surface area contributed by atoms with Crippen molar-refractivity contribution in [2.45, 2.75) is 6.92 Å². The van der Waals surface area contributed by atoms with E-state index in [1.807, 2.05) is 6.92 Å². The van der Waals surface area contributed by atoms with Crippen LogP contribution in [0.5, 0.6) is 0 Å². The topological polar surface area (TPSA) is 21.3 Å². The van der Waals surface area contributed by atoms with E-state index in [1.54, 1.807) is 0 Å². The van der Waals surface area contributed by atoms with Gasteiger partial charge >= 0.3 is 0 Å². The van der Waals surface area contributed by atoms with Crippen molar-refractivity contribution in [2.24, 2.45) is 5.92 Å². The van der Waals surface area contributed by atoms with E-state index in [0.717, 1.165) is 37.8 Å². The summed E-state index contributed by atoms with van der Waals surface area (Å²) in [4.78, 5) is 0. The van der Waals surface area contributed by atoms with Gasteiger partial charge < -0.3 is 10.1 Å². The van der Waals surface area contributed by atoms with Crippen LogP contribution in [-0.4, -0.2) is 26.3 Å². The number of hydrogen-bond acceptors (Lipinski definition) is 2. The standard InChI is InChI=1S/C8H15NO/c1-7(2)5-10-6-8-3-9-4-8/h8-9H,1,3-6H2,2H3. The fraction of sp³-hybridized carbons (Fsp3) is 0.750. The van der Waals surface area contributed by atoms with Crippen LogP contribution in [0.3, 0.4) is 0 Å². The van der Waals surface area contributed by atoms with Crippen LogP contribution in [0.4, 0.5) is 0 Å². The molecule has 0 atom stereocenters. The van der Waals surface area contributed by atoms with E-state index < -0.39 is 0 Å². The Morgan fingerprint density at radius 1 is 1.70 bits per heavy atom. The number of hydrogen-bond donors (Lipinski definition) is 1. The molecule has 1 aliphatic rings. The van der Waals surface area contributed by atoms with E-state index in [4.69, 9.17) is 4.74 Å². The zero-order chi connectivity index (χ0) is 7.40. The molecule has 0 radical (unpaired) electrons. The van der Waals surface area contributed by atoms with Crippen molar-refractivity contribution in [3.05, 3.63) is 12.2 Å². The first kappa shape index (κ1) is 7.76. The van der Waals surface area contributed by atoms with Crippen LogP contribution in [0.1, 0.15) is 6.92 Å². The van der Waals surface area contributed by atoms with E-state index in [2.05, 4.69) is 11.9 Å². The van der Waals surface area contributed by atoms with Crippen molar-refractivity contribution in [1.82, 2.24) is 5.32 Å². The molecule has 1 aliphatic heterocycles. The lowest BCUT2D eigenvalue weighted by atomic mass is 10.1. The molecular weight excluding hydrogens is 126 g/mol. The van der Waals surface area contributed by atoms with Crippen LogP contribution in [0.15, 0.2) is 12.2 Å². The van der Waals surface area contributed by atoms with Gasteiger partial charge in [0.25, 0.3) is 0 Å². The first-order valence-corrected chi connectivity index (χ1v) is 3.72. The maximum Gasteiger partial charge on any atom is 0.0671 e. The van der Waals surface area contributed by atoms with Crippen molar-refractivity contribution in [3.63, 3.8) is 0 Å². The molecule has 0 aromatic rings. The lowest BCUT2D eigenvalue weighted by molar-refractivity contribution is 0.0956. The Morgan fingerprint density at radius 2 is 2.40 bits per heavy atom. The Labute approximate surface area is 62.3 Å². The van der Waals surface area contributed by atoms with E-state index in [1.165, 1.54) is 0 Å². The molecule has 0 saturated carbocycles. The van der Waals surface area contributed by atoms with E-state index in [9.17, 15) is 0 Å². The van der Waals surface area contributed by atoms with Gasteiger partial charge in [-0.1, -0.05) is 12.2 Å². The predicted octanol–water partition coefficient (Wildman–Crippen LogP) is 0.798. The molecule has 1 N–H and O–H groups in total. The smallest absolute Gasteiger partial charge is 0.0671 e. The van der Waals surface area contributed by atoms with Crippen LogP contribution in [0, 0.1) is 5.92 Å². The largest absolute Gasteiger partial charge is 0.377 e. The lowest BCUT2D eigenvalue weighted by Gasteiger charge is -2.26. The zero-order valence-electron chi connectivity index (χ0n) is 6.52. The Hall–Kier alpha value is -0.340. The minimum atomic E-state index is 0.719. The minimum absolute atomic E-state index is 0.719. The first-order chi connectivity index (χ1) is 4.79. The van der Waals surface area contributed by atoms with Gasteiger partial charge in [0.05, 0.1) is 13.2 Å². The van der Waals surface area contributed by atoms with E-state index in [-0.39, 0.29) is 0 Å². The molecule has 1 fully saturated rings. The average Bonchev–Trinajstić information content (AvgIpc) is 1.75. The van der Waals surface area contributed by atoms with Gasteiger partial charge in [0.2, 0.25) is 0 Å². The van der Waals surface area contributed by atoms with Crippen molar-refractivity contribution in [2.75, 3.05) is 26.3 Å². The molecule has 2 heteroatoms. The Balaban J connectivity index is 1.89. The number of rotatable bonds is 4. The first-order valence-electron chi connectivity index (χ1n) is 3.72. The van der Waals surface area contributed by atoms with Gasteiger partial charge in [-0.3, -0.25) is 0 Å². The summed E-state index contributed by atoms with van der Waals surface area (Å²) in [6, 6.07) is 0. The van der Waals surface area contributed by atoms with Crippen LogP contribution < -0.4 is 5.32 Å². The molecular formula is C8H15NO. The summed E-state index contributed by atoms with van der Waals surface area (Å²) in [6.07, 6.45) is 0. The molecule has 1 heterocycles. The van der Waals surface area contributed by atoms with Gasteiger partial charge in [0.15, 0.2) is 0 Å². The van der Waals surface area contributed by atoms with E-state index >= 15 is 0 Å². The summed E-state index contributed by atoms with van der Waals surface area (Å²) >= 11 is 0. The second-order valence-electron chi connectivity index (χ2n) is 3.00. The normalized spacial score (nSPS) is 18.5. The molecule has 0 unspecified atom stereocenters. The zero-order valence-corrected chi connectivity index (χ0v) is 6.52. The third-order valence-electron chi connectivity index (χ3n) is 1.57. The molecule has 58 valence electrons. The van der Waals surface area contributed by atoms with Gasteiger partial charge in [-0.2, -0.15) is 0 Å². The van der Waals surface area contributed by atoms with Crippen LogP contribution in [0.25, 0.3) is 0 Å². The quantitative estimate of drug-likeness (QED) is 0.585. The predicted molar refractivity (Wildman–Crippen MR) is 42.0 cm³/mol. The summed E-state index contributed by atoms with van der Waals surface area (Å²) in [5, 5.41) is 3.20. The second kappa shape index (κ2) is 3.74. The third kappa shape index (κ3) is 2.50. The summed E-state index contributed by atoms with van der Waals surface area (Å²) in [6.45, 7) is 9.59. The highest BCUT2D eigenvalue weighted by molar-refractivity contribution is 4.87. The fourth-order valence-electron chi connectivity index (χ4n) is 0.866. The summed E-state index contributed by atoms with van der Waals surface area (Å²) in [7, 11) is 0. The minimum Gasteiger partial charge on any atom is -0.377 e. The van der Waals surface area contributed by atoms with Crippen molar-refractivity contribution >= 4 is 0 Å². The molecule has 1 rings (SSSR count). The maximum atomic E-state index is 5.36. The second-order valence-corrected chi connectivity index (χ2v) is 3.00. The third-order valence-corrected chi connectivity index (χ3v) is 1.57. The highest BCUT2D eigenvalue weighted by Crippen LogP contribution is 2.03. The van der Waals surface area contributed by atoms with Gasteiger partial charge in [0, 0.05) is 19.0 Å². The molecule has 1 saturated heterocycles. The monoisotopic (exact) mass is 141 g/mol. The SMILES string of the molecule is C=C(C)COCC1CNC1. The van der Waals surface area contributed by atoms with Crippen LogP contribution in [0.2, 0.25) is 0 Å². The van der Waals surface area contributed by atoms with Crippen molar-refractivity contribution in [1.29, 1.82) is 0 Å². The molecule has 0 aliphatic carbocycles. The molecule has 0 aromatic heterocycles. The van der Waals surface area contributed by atoms with Gasteiger partial charge in [0.1, 0.15) is 0 Å². The number of ether oxygens (including phenoxy) is 1. The molecule has 0 bridgehead atoms. The van der Waals surface area contributed by atoms with Crippen molar-refractivity contribution < 1.29 is 4.74 Å². The summed E-state index contributed by atoms with van der Waals surface area (Å²) in [5.41, 5.74) is 1.10. The van der Waals surface area contributed by atoms with Gasteiger partial charge in [-0.25, -0.2) is 0 Å². The number of nitrogens with one attached hydrogen (secondary N) is 1. The van der Waals surface area contributed by atoms with Crippen LogP contribution >= 0.6 is 0 Å². The maximum absolute atomic E-state index is 5.36. The fourth-order valence-corrected chi connectivity index (χ4v) is 0.866. The molecule has 2 nitrogen and oxygen atoms in total. The highest BCUT2D eigenvalue weighted by atomic mass is 16.5.